The smallest absolute Gasteiger partial charge is 0.347 e. The van der Waals surface area contributed by atoms with Gasteiger partial charge >= 0.3 is 5.97 Å². The van der Waals surface area contributed by atoms with Crippen LogP contribution in [0, 0.1) is 11.3 Å². The fraction of sp³-hybridized carbons (Fsp3) is 0.154. The molecule has 1 heterocycles. The third kappa shape index (κ3) is 2.13. The van der Waals surface area contributed by atoms with Crippen molar-refractivity contribution < 1.29 is 14.6 Å². The first-order chi connectivity index (χ1) is 9.08. The number of H-pyrrole nitrogens is 1. The molecule has 2 aromatic rings. The van der Waals surface area contributed by atoms with Crippen LogP contribution in [0.15, 0.2) is 23.0 Å². The number of ether oxygens (including phenoxy) is 1. The highest BCUT2D eigenvalue weighted by Gasteiger charge is 2.20. The van der Waals surface area contributed by atoms with Crippen LogP contribution < -0.4 is 5.56 Å². The van der Waals surface area contributed by atoms with Gasteiger partial charge in [-0.05, 0) is 25.1 Å². The molecular formula is C13H10N2O4. The van der Waals surface area contributed by atoms with Gasteiger partial charge in [0, 0.05) is 5.39 Å². The number of esters is 1. The molecule has 2 N–H and O–H groups in total. The third-order valence-electron chi connectivity index (χ3n) is 2.60. The third-order valence-corrected chi connectivity index (χ3v) is 2.60. The molecule has 96 valence electrons. The lowest BCUT2D eigenvalue weighted by atomic mass is 10.1. The number of pyridine rings is 1. The average Bonchev–Trinajstić information content (AvgIpc) is 2.38. The normalized spacial score (nSPS) is 10.1. The second-order valence-electron chi connectivity index (χ2n) is 3.77. The maximum atomic E-state index is 11.8. The van der Waals surface area contributed by atoms with Gasteiger partial charge in [-0.25, -0.2) is 4.79 Å². The molecule has 0 aliphatic rings. The SMILES string of the molecule is CCOC(=O)c1c(O)c2ccc(C#N)cc2[nH]c1=O. The number of aromatic nitrogens is 1. The average molecular weight is 258 g/mol. The number of hydrogen-bond acceptors (Lipinski definition) is 5. The van der Waals surface area contributed by atoms with Gasteiger partial charge in [-0.15, -0.1) is 0 Å². The number of benzene rings is 1. The zero-order chi connectivity index (χ0) is 14.0. The summed E-state index contributed by atoms with van der Waals surface area (Å²) in [6, 6.07) is 6.28. The van der Waals surface area contributed by atoms with Crippen molar-refractivity contribution in [2.45, 2.75) is 6.92 Å². The first-order valence-corrected chi connectivity index (χ1v) is 5.54. The van der Waals surface area contributed by atoms with Gasteiger partial charge in [-0.1, -0.05) is 0 Å². The molecule has 0 unspecified atom stereocenters. The van der Waals surface area contributed by atoms with Crippen molar-refractivity contribution >= 4 is 16.9 Å². The molecule has 6 nitrogen and oxygen atoms in total. The molecule has 2 rings (SSSR count). The van der Waals surface area contributed by atoms with Gasteiger partial charge in [0.2, 0.25) is 0 Å². The highest BCUT2D eigenvalue weighted by molar-refractivity contribution is 5.99. The van der Waals surface area contributed by atoms with Gasteiger partial charge in [0.05, 0.1) is 23.8 Å². The van der Waals surface area contributed by atoms with E-state index in [0.29, 0.717) is 5.56 Å². The maximum absolute atomic E-state index is 11.8. The van der Waals surface area contributed by atoms with Crippen molar-refractivity contribution in [3.63, 3.8) is 0 Å². The molecule has 0 spiro atoms. The number of aromatic hydroxyl groups is 1. The first kappa shape index (κ1) is 12.6. The lowest BCUT2D eigenvalue weighted by Crippen LogP contribution is -2.20. The Kier molecular flexibility index (Phi) is 3.21. The fourth-order valence-electron chi connectivity index (χ4n) is 1.74. The summed E-state index contributed by atoms with van der Waals surface area (Å²) in [6.07, 6.45) is 0. The highest BCUT2D eigenvalue weighted by atomic mass is 16.5. The summed E-state index contributed by atoms with van der Waals surface area (Å²) in [7, 11) is 0. The van der Waals surface area contributed by atoms with Crippen LogP contribution in [-0.2, 0) is 4.74 Å². The molecule has 1 aromatic heterocycles. The van der Waals surface area contributed by atoms with Crippen LogP contribution in [0.25, 0.3) is 10.9 Å². The van der Waals surface area contributed by atoms with Crippen LogP contribution in [0.1, 0.15) is 22.8 Å². The van der Waals surface area contributed by atoms with Gasteiger partial charge < -0.3 is 14.8 Å². The number of nitrogens with one attached hydrogen (secondary N) is 1. The second kappa shape index (κ2) is 4.82. The first-order valence-electron chi connectivity index (χ1n) is 5.54. The van der Waals surface area contributed by atoms with E-state index in [1.54, 1.807) is 6.92 Å². The summed E-state index contributed by atoms with van der Waals surface area (Å²) in [5.74, 6) is -1.32. The largest absolute Gasteiger partial charge is 0.506 e. The number of nitriles is 1. The van der Waals surface area contributed by atoms with Gasteiger partial charge in [0.15, 0.2) is 5.56 Å². The number of fused-ring (bicyclic) bond motifs is 1. The lowest BCUT2D eigenvalue weighted by molar-refractivity contribution is 0.0521. The molecule has 0 saturated heterocycles. The van der Waals surface area contributed by atoms with E-state index in [0.717, 1.165) is 0 Å². The van der Waals surface area contributed by atoms with E-state index < -0.39 is 22.8 Å². The van der Waals surface area contributed by atoms with Gasteiger partial charge in [0.25, 0.3) is 5.56 Å². The molecule has 0 amide bonds. The number of nitrogens with zero attached hydrogens (tertiary/aromatic N) is 1. The van der Waals surface area contributed by atoms with Crippen molar-refractivity contribution in [3.8, 4) is 11.8 Å². The Morgan fingerprint density at radius 3 is 2.89 bits per heavy atom. The number of rotatable bonds is 2. The van der Waals surface area contributed by atoms with Gasteiger partial charge in [-0.2, -0.15) is 5.26 Å². The Balaban J connectivity index is 2.73. The van der Waals surface area contributed by atoms with Crippen LogP contribution in [-0.4, -0.2) is 22.7 Å². The van der Waals surface area contributed by atoms with Gasteiger partial charge in [-0.3, -0.25) is 4.79 Å². The quantitative estimate of drug-likeness (QED) is 0.790. The van der Waals surface area contributed by atoms with Crippen LogP contribution in [0.5, 0.6) is 5.75 Å². The summed E-state index contributed by atoms with van der Waals surface area (Å²) in [5, 5.41) is 19.0. The summed E-state index contributed by atoms with van der Waals surface area (Å²) < 4.78 is 4.71. The zero-order valence-corrected chi connectivity index (χ0v) is 10.1. The molecular weight excluding hydrogens is 248 g/mol. The molecule has 0 fully saturated rings. The monoisotopic (exact) mass is 258 g/mol. The Hall–Kier alpha value is -2.81. The summed E-state index contributed by atoms with van der Waals surface area (Å²) >= 11 is 0. The van der Waals surface area contributed by atoms with Crippen molar-refractivity contribution in [1.82, 2.24) is 4.98 Å². The minimum Gasteiger partial charge on any atom is -0.506 e. The summed E-state index contributed by atoms with van der Waals surface area (Å²) in [4.78, 5) is 25.8. The van der Waals surface area contributed by atoms with E-state index in [9.17, 15) is 14.7 Å². The summed E-state index contributed by atoms with van der Waals surface area (Å²) in [6.45, 7) is 1.70. The predicted octanol–water partition coefficient (Wildman–Crippen LogP) is 1.28. The topological polar surface area (TPSA) is 103 Å². The molecule has 0 radical (unpaired) electrons. The Morgan fingerprint density at radius 1 is 1.53 bits per heavy atom. The van der Waals surface area contributed by atoms with Crippen molar-refractivity contribution in [3.05, 3.63) is 39.7 Å². The maximum Gasteiger partial charge on any atom is 0.347 e. The molecule has 1 aromatic carbocycles. The number of aromatic amines is 1. The molecule has 19 heavy (non-hydrogen) atoms. The van der Waals surface area contributed by atoms with Crippen LogP contribution in [0.3, 0.4) is 0 Å². The Morgan fingerprint density at radius 2 is 2.26 bits per heavy atom. The fourth-order valence-corrected chi connectivity index (χ4v) is 1.74. The second-order valence-corrected chi connectivity index (χ2v) is 3.77. The van der Waals surface area contributed by atoms with Gasteiger partial charge in [0.1, 0.15) is 5.75 Å². The van der Waals surface area contributed by atoms with E-state index in [2.05, 4.69) is 4.98 Å². The highest BCUT2D eigenvalue weighted by Crippen LogP contribution is 2.25. The molecule has 0 atom stereocenters. The Bertz CT molecular complexity index is 756. The van der Waals surface area contributed by atoms with E-state index >= 15 is 0 Å². The minimum atomic E-state index is -0.882. The van der Waals surface area contributed by atoms with Crippen LogP contribution in [0.2, 0.25) is 0 Å². The summed E-state index contributed by atoms with van der Waals surface area (Å²) in [5.41, 5.74) is -0.557. The number of carbonyl (C=O) groups excluding carboxylic acids is 1. The molecule has 0 saturated carbocycles. The van der Waals surface area contributed by atoms with Crippen LogP contribution in [0.4, 0.5) is 0 Å². The van der Waals surface area contributed by atoms with E-state index in [1.807, 2.05) is 6.07 Å². The van der Waals surface area contributed by atoms with Crippen molar-refractivity contribution in [2.24, 2.45) is 0 Å². The van der Waals surface area contributed by atoms with Crippen LogP contribution >= 0.6 is 0 Å². The Labute approximate surface area is 107 Å². The predicted molar refractivity (Wildman–Crippen MR) is 66.9 cm³/mol. The van der Waals surface area contributed by atoms with Crippen molar-refractivity contribution in [2.75, 3.05) is 6.61 Å². The van der Waals surface area contributed by atoms with E-state index in [1.165, 1.54) is 18.2 Å². The standard InChI is InChI=1S/C13H10N2O4/c1-2-19-13(18)10-11(16)8-4-3-7(6-14)5-9(8)15-12(10)17/h3-5H,2H2,1H3,(H2,15,16,17). The van der Waals surface area contributed by atoms with E-state index in [-0.39, 0.29) is 17.5 Å². The van der Waals surface area contributed by atoms with Crippen molar-refractivity contribution in [1.29, 1.82) is 5.26 Å². The lowest BCUT2D eigenvalue weighted by Gasteiger charge is -2.06. The molecule has 0 bridgehead atoms. The number of carbonyl (C=O) groups is 1. The number of hydrogen-bond donors (Lipinski definition) is 2. The molecule has 6 heteroatoms. The molecule has 0 aliphatic heterocycles. The molecule has 0 aliphatic carbocycles. The van der Waals surface area contributed by atoms with E-state index in [4.69, 9.17) is 10.00 Å². The minimum absolute atomic E-state index is 0.100. The zero-order valence-electron chi connectivity index (χ0n) is 10.1.